The minimum Gasteiger partial charge on any atom is -0.382 e. The lowest BCUT2D eigenvalue weighted by atomic mass is 10.1. The topological polar surface area (TPSA) is 221 Å². The maximum absolute atomic E-state index is 13.1. The van der Waals surface area contributed by atoms with Gasteiger partial charge in [0, 0.05) is 44.2 Å². The summed E-state index contributed by atoms with van der Waals surface area (Å²) in [6.45, 7) is 9.69. The molecule has 0 aromatic carbocycles. The summed E-state index contributed by atoms with van der Waals surface area (Å²) in [5, 5.41) is 9.18. The van der Waals surface area contributed by atoms with Gasteiger partial charge in [-0.15, -0.1) is 4.49 Å². The first-order valence-electron chi connectivity index (χ1n) is 15.1. The normalized spacial score (nSPS) is 22.3. The van der Waals surface area contributed by atoms with Crippen molar-refractivity contribution < 1.29 is 45.9 Å². The van der Waals surface area contributed by atoms with Gasteiger partial charge >= 0.3 is 5.69 Å². The van der Waals surface area contributed by atoms with Crippen molar-refractivity contribution in [3.8, 4) is 6.07 Å². The third-order valence-electron chi connectivity index (χ3n) is 6.89. The van der Waals surface area contributed by atoms with Gasteiger partial charge in [0.25, 0.3) is 21.6 Å². The molecule has 2 rings (SSSR count). The number of H-pyrrole nitrogens is 1. The van der Waals surface area contributed by atoms with E-state index < -0.39 is 74.1 Å². The van der Waals surface area contributed by atoms with E-state index in [2.05, 4.69) is 11.1 Å². The van der Waals surface area contributed by atoms with Crippen LogP contribution in [-0.4, -0.2) is 110 Å². The van der Waals surface area contributed by atoms with E-state index in [1.165, 1.54) is 31.9 Å². The van der Waals surface area contributed by atoms with Crippen LogP contribution in [0.15, 0.2) is 15.8 Å². The van der Waals surface area contributed by atoms with Gasteiger partial charge in [-0.2, -0.15) is 5.26 Å². The van der Waals surface area contributed by atoms with E-state index in [1.54, 1.807) is 4.49 Å². The number of hydrogen-bond donors (Lipinski definition) is 3. The molecule has 1 aliphatic heterocycles. The smallest absolute Gasteiger partial charge is 0.330 e. The molecule has 1 aromatic rings. The lowest BCUT2D eigenvalue weighted by molar-refractivity contribution is -0.130. The highest BCUT2D eigenvalue weighted by molar-refractivity contribution is 7.94. The van der Waals surface area contributed by atoms with Crippen molar-refractivity contribution >= 4 is 26.1 Å². The van der Waals surface area contributed by atoms with Crippen molar-refractivity contribution in [2.24, 2.45) is 0 Å². The van der Waals surface area contributed by atoms with Crippen LogP contribution in [0.5, 0.6) is 0 Å². The molecule has 0 spiro atoms. The molecule has 20 heteroatoms. The molecule has 0 bridgehead atoms. The molecule has 2 heterocycles. The zero-order valence-electron chi connectivity index (χ0n) is 28.2. The summed E-state index contributed by atoms with van der Waals surface area (Å²) >= 11 is 0. The van der Waals surface area contributed by atoms with Crippen molar-refractivity contribution in [1.29, 1.82) is 5.26 Å². The molecular formula is C27H49N5O12P2S. The molecule has 0 radical (unpaired) electrons. The lowest BCUT2D eigenvalue weighted by Gasteiger charge is -2.38. The summed E-state index contributed by atoms with van der Waals surface area (Å²) in [6, 6.07) is 1.95. The molecule has 1 aromatic heterocycles. The summed E-state index contributed by atoms with van der Waals surface area (Å²) in [5.41, 5.74) is -1.10. The van der Waals surface area contributed by atoms with Gasteiger partial charge in [-0.25, -0.2) is 17.9 Å². The highest BCUT2D eigenvalue weighted by Crippen LogP contribution is 2.51. The van der Waals surface area contributed by atoms with Crippen LogP contribution < -0.4 is 15.7 Å². The molecule has 1 aliphatic rings. The second-order valence-corrected chi connectivity index (χ2v) is 17.3. The lowest BCUT2D eigenvalue weighted by Crippen LogP contribution is -2.44. The molecule has 0 saturated carbocycles. The van der Waals surface area contributed by atoms with Crippen molar-refractivity contribution in [2.45, 2.75) is 96.6 Å². The fraction of sp³-hybridized carbons (Fsp3) is 0.815. The third-order valence-corrected chi connectivity index (χ3v) is 12.4. The molecule has 6 atom stereocenters. The molecule has 3 N–H and O–H groups in total. The Labute approximate surface area is 277 Å². The van der Waals surface area contributed by atoms with E-state index in [0.29, 0.717) is 0 Å². The van der Waals surface area contributed by atoms with E-state index in [1.807, 2.05) is 32.4 Å². The van der Waals surface area contributed by atoms with Crippen molar-refractivity contribution in [3.05, 3.63) is 32.6 Å². The van der Waals surface area contributed by atoms with Gasteiger partial charge in [0.1, 0.15) is 18.3 Å². The highest BCUT2D eigenvalue weighted by atomic mass is 32.2. The molecule has 1 fully saturated rings. The van der Waals surface area contributed by atoms with Gasteiger partial charge in [-0.3, -0.25) is 18.9 Å². The third kappa shape index (κ3) is 13.0. The molecule has 47 heavy (non-hydrogen) atoms. The number of ether oxygens (including phenoxy) is 4. The summed E-state index contributed by atoms with van der Waals surface area (Å²) in [5.74, 6) is 0. The summed E-state index contributed by atoms with van der Waals surface area (Å²) in [6.07, 6.45) is -2.74. The van der Waals surface area contributed by atoms with Gasteiger partial charge in [0.15, 0.2) is 6.23 Å². The monoisotopic (exact) mass is 729 g/mol. The second kappa shape index (κ2) is 19.0. The first-order valence-corrected chi connectivity index (χ1v) is 20.0. The number of sulfonamides is 1. The molecule has 0 amide bonds. The molecule has 0 aliphatic carbocycles. The summed E-state index contributed by atoms with van der Waals surface area (Å²) in [7, 11) is -7.12. The number of rotatable bonds is 21. The number of aromatic amines is 1. The van der Waals surface area contributed by atoms with Crippen molar-refractivity contribution in [2.75, 3.05) is 46.5 Å². The highest BCUT2D eigenvalue weighted by Gasteiger charge is 2.50. The Kier molecular flexibility index (Phi) is 16.8. The van der Waals surface area contributed by atoms with E-state index >= 15 is 0 Å². The second-order valence-electron chi connectivity index (χ2n) is 11.7. The first-order chi connectivity index (χ1) is 21.9. The fourth-order valence-corrected chi connectivity index (χ4v) is 9.96. The number of methoxy groups -OCH3 is 2. The fourth-order valence-electron chi connectivity index (χ4n) is 5.14. The van der Waals surface area contributed by atoms with E-state index in [-0.39, 0.29) is 56.7 Å². The van der Waals surface area contributed by atoms with Crippen LogP contribution in [0, 0.1) is 18.3 Å². The van der Waals surface area contributed by atoms with Crippen molar-refractivity contribution in [1.82, 2.24) is 18.7 Å². The zero-order chi connectivity index (χ0) is 35.5. The van der Waals surface area contributed by atoms with Gasteiger partial charge in [0.2, 0.25) is 10.0 Å². The Morgan fingerprint density at radius 2 is 1.81 bits per heavy atom. The van der Waals surface area contributed by atoms with Crippen LogP contribution in [0.3, 0.4) is 0 Å². The number of hydrogen-bond acceptors (Lipinski definition) is 13. The summed E-state index contributed by atoms with van der Waals surface area (Å²) < 4.78 is 77.4. The van der Waals surface area contributed by atoms with Crippen LogP contribution in [-0.2, 0) is 42.6 Å². The number of nitrogens with zero attached hydrogens (tertiary/aromatic N) is 3. The standard InChI is InChI=1S/C27H49N5O12P2S/c1-18(2)32(19(3)4)45(41-13-10-12-28)44-23-22(11-9-14-46(35,36)30-47(8,37)38)43-26(24(23)42-21(16-39-6)17-40-7)31-15-20(5)25(33)29-27(31)34/h15,18-19,21-24,26H,9-11,13-14,16-17H2,1-8H3,(H,29,33,34)(H2,30,35,36)/t22-,23-,24-,26?,45?/m1/s1. The average Bonchev–Trinajstić information content (AvgIpc) is 3.25. The molecule has 270 valence electrons. The van der Waals surface area contributed by atoms with Crippen LogP contribution in [0.1, 0.15) is 58.7 Å². The van der Waals surface area contributed by atoms with E-state index in [4.69, 9.17) is 28.0 Å². The van der Waals surface area contributed by atoms with Gasteiger partial charge < -0.3 is 32.9 Å². The maximum atomic E-state index is 13.1. The number of nitrogens with one attached hydrogen (secondary N) is 2. The van der Waals surface area contributed by atoms with Crippen LogP contribution >= 0.6 is 16.0 Å². The zero-order valence-corrected chi connectivity index (χ0v) is 30.8. The molecule has 17 nitrogen and oxygen atoms in total. The molecule has 3 unspecified atom stereocenters. The minimum atomic E-state index is -4.28. The Morgan fingerprint density at radius 1 is 1.19 bits per heavy atom. The molecular weight excluding hydrogens is 680 g/mol. The van der Waals surface area contributed by atoms with Crippen molar-refractivity contribution in [3.63, 3.8) is 0 Å². The Hall–Kier alpha value is -1.58. The number of aromatic nitrogens is 2. The van der Waals surface area contributed by atoms with E-state index in [9.17, 15) is 32.7 Å². The van der Waals surface area contributed by atoms with Gasteiger partial charge in [0.05, 0.1) is 44.7 Å². The minimum absolute atomic E-state index is 0.0185. The predicted octanol–water partition coefficient (Wildman–Crippen LogP) is 1.97. The van der Waals surface area contributed by atoms with E-state index in [0.717, 1.165) is 6.26 Å². The molecule has 1 saturated heterocycles. The quantitative estimate of drug-likeness (QED) is 0.122. The van der Waals surface area contributed by atoms with Gasteiger partial charge in [-0.05, 0) is 47.5 Å². The Bertz CT molecular complexity index is 1440. The predicted molar refractivity (Wildman–Crippen MR) is 174 cm³/mol. The Balaban J connectivity index is 2.66. The maximum Gasteiger partial charge on any atom is 0.330 e. The largest absolute Gasteiger partial charge is 0.382 e. The summed E-state index contributed by atoms with van der Waals surface area (Å²) in [4.78, 5) is 37.9. The first kappa shape index (κ1) is 41.6. The van der Waals surface area contributed by atoms with Crippen LogP contribution in [0.2, 0.25) is 0 Å². The SMILES string of the molecule is COCC(COC)O[C@H]1C(n2cc(C)c(=O)[nH]c2=O)O[C@H](CCCP(=O)(O)NS(C)(=O)=O)[C@H]1OP(OCCC#N)N(C(C)C)C(C)C. The van der Waals surface area contributed by atoms with Crippen LogP contribution in [0.25, 0.3) is 0 Å². The Morgan fingerprint density at radius 3 is 2.34 bits per heavy atom. The number of nitriles is 1. The average molecular weight is 730 g/mol. The number of aryl methyl sites for hydroxylation is 1. The van der Waals surface area contributed by atoms with Gasteiger partial charge in [-0.1, -0.05) is 0 Å². The van der Waals surface area contributed by atoms with Crippen LogP contribution in [0.4, 0.5) is 0 Å².